The third-order valence-corrected chi connectivity index (χ3v) is 6.08. The quantitative estimate of drug-likeness (QED) is 0.309. The number of ether oxygens (including phenoxy) is 3. The van der Waals surface area contributed by atoms with E-state index in [-0.39, 0.29) is 5.57 Å². The minimum Gasteiger partial charge on any atom is -0.489 e. The Balaban J connectivity index is 1.27. The molecule has 1 aliphatic carbocycles. The second-order valence-electron chi connectivity index (χ2n) is 8.30. The molecule has 2 fully saturated rings. The first-order valence-corrected chi connectivity index (χ1v) is 11.0. The molecule has 0 atom stereocenters. The van der Waals surface area contributed by atoms with Gasteiger partial charge in [0, 0.05) is 12.8 Å². The van der Waals surface area contributed by atoms with E-state index in [0.717, 1.165) is 24.8 Å². The number of esters is 2. The summed E-state index contributed by atoms with van der Waals surface area (Å²) in [5.74, 6) is -1.59. The van der Waals surface area contributed by atoms with Crippen molar-refractivity contribution in [2.75, 3.05) is 0 Å². The molecule has 0 radical (unpaired) electrons. The van der Waals surface area contributed by atoms with Gasteiger partial charge in [-0.1, -0.05) is 61.0 Å². The van der Waals surface area contributed by atoms with Gasteiger partial charge in [-0.15, -0.1) is 0 Å². The smallest absolute Gasteiger partial charge is 0.348 e. The van der Waals surface area contributed by atoms with Gasteiger partial charge in [-0.2, -0.15) is 0 Å². The third-order valence-electron chi connectivity index (χ3n) is 6.08. The fraction of sp³-hybridized carbons (Fsp3) is 0.259. The van der Waals surface area contributed by atoms with Gasteiger partial charge in [-0.05, 0) is 52.9 Å². The van der Waals surface area contributed by atoms with Crippen LogP contribution in [0, 0.1) is 0 Å². The van der Waals surface area contributed by atoms with Gasteiger partial charge in [0.15, 0.2) is 0 Å². The lowest BCUT2D eigenvalue weighted by molar-refractivity contribution is -0.244. The van der Waals surface area contributed by atoms with Crippen molar-refractivity contribution >= 4 is 28.8 Å². The number of carbonyl (C=O) groups excluding carboxylic acids is 2. The maximum absolute atomic E-state index is 12.5. The summed E-state index contributed by atoms with van der Waals surface area (Å²) in [7, 11) is 0. The topological polar surface area (TPSA) is 61.8 Å². The number of hydrogen-bond donors (Lipinski definition) is 0. The largest absolute Gasteiger partial charge is 0.489 e. The van der Waals surface area contributed by atoms with Crippen LogP contribution < -0.4 is 4.74 Å². The Morgan fingerprint density at radius 1 is 0.812 bits per heavy atom. The molecule has 5 heteroatoms. The minimum atomic E-state index is -1.07. The van der Waals surface area contributed by atoms with Crippen LogP contribution in [0.2, 0.25) is 0 Å². The Bertz CT molecular complexity index is 1160. The van der Waals surface area contributed by atoms with Gasteiger partial charge in [-0.25, -0.2) is 9.59 Å². The summed E-state index contributed by atoms with van der Waals surface area (Å²) in [5, 5.41) is 2.35. The second kappa shape index (κ2) is 8.50. The van der Waals surface area contributed by atoms with Crippen LogP contribution >= 0.6 is 0 Å². The Hall–Kier alpha value is -3.60. The highest BCUT2D eigenvalue weighted by Crippen LogP contribution is 2.37. The molecule has 1 saturated heterocycles. The molecule has 2 aliphatic rings. The zero-order valence-electron chi connectivity index (χ0n) is 17.7. The zero-order valence-corrected chi connectivity index (χ0v) is 17.7. The molecule has 0 unspecified atom stereocenters. The van der Waals surface area contributed by atoms with Crippen LogP contribution in [0.1, 0.15) is 43.2 Å². The molecule has 5 rings (SSSR count). The number of carbonyl (C=O) groups is 2. The molecule has 0 bridgehead atoms. The van der Waals surface area contributed by atoms with Crippen molar-refractivity contribution in [2.45, 2.75) is 44.5 Å². The molecule has 1 aliphatic heterocycles. The highest BCUT2D eigenvalue weighted by molar-refractivity contribution is 6.18. The summed E-state index contributed by atoms with van der Waals surface area (Å²) in [6.07, 6.45) is 5.49. The van der Waals surface area contributed by atoms with Gasteiger partial charge in [0.25, 0.3) is 5.79 Å². The molecule has 32 heavy (non-hydrogen) atoms. The Labute approximate surface area is 186 Å². The van der Waals surface area contributed by atoms with Gasteiger partial charge in [0.1, 0.15) is 17.9 Å². The van der Waals surface area contributed by atoms with E-state index in [4.69, 9.17) is 14.2 Å². The summed E-state index contributed by atoms with van der Waals surface area (Å²) in [5.41, 5.74) is 1.73. The summed E-state index contributed by atoms with van der Waals surface area (Å²) >= 11 is 0. The average molecular weight is 428 g/mol. The van der Waals surface area contributed by atoms with E-state index < -0.39 is 17.7 Å². The number of benzene rings is 3. The zero-order chi connectivity index (χ0) is 22.0. The van der Waals surface area contributed by atoms with E-state index in [2.05, 4.69) is 24.3 Å². The molecule has 1 spiro atoms. The molecular weight excluding hydrogens is 404 g/mol. The van der Waals surface area contributed by atoms with Gasteiger partial charge < -0.3 is 14.2 Å². The van der Waals surface area contributed by atoms with E-state index in [1.54, 1.807) is 12.1 Å². The molecule has 1 heterocycles. The van der Waals surface area contributed by atoms with Crippen molar-refractivity contribution in [1.29, 1.82) is 0 Å². The minimum absolute atomic E-state index is 0.0781. The predicted molar refractivity (Wildman–Crippen MR) is 121 cm³/mol. The first kappa shape index (κ1) is 20.3. The van der Waals surface area contributed by atoms with Crippen LogP contribution in [-0.2, 0) is 25.7 Å². The van der Waals surface area contributed by atoms with Crippen LogP contribution in [0.15, 0.2) is 72.3 Å². The normalized spacial score (nSPS) is 17.7. The van der Waals surface area contributed by atoms with Gasteiger partial charge in [0.05, 0.1) is 0 Å². The standard InChI is InChI=1S/C27H24O5/c28-25-24(26(29)32-27(31-25)15-4-1-5-16-27)17-19-11-13-22(14-12-19)30-18-21-9-6-8-20-7-2-3-10-23(20)21/h2-3,6-14,17H,1,4-5,15-16,18H2. The third kappa shape index (κ3) is 4.11. The SMILES string of the molecule is O=C1OC2(CCCCC2)OC(=O)C1=Cc1ccc(OCc2cccc3ccccc23)cc1. The van der Waals surface area contributed by atoms with Crippen LogP contribution in [0.5, 0.6) is 5.75 Å². The van der Waals surface area contributed by atoms with E-state index >= 15 is 0 Å². The van der Waals surface area contributed by atoms with Crippen molar-refractivity contribution in [1.82, 2.24) is 0 Å². The second-order valence-corrected chi connectivity index (χ2v) is 8.30. The molecule has 5 nitrogen and oxygen atoms in total. The first-order chi connectivity index (χ1) is 15.6. The molecule has 162 valence electrons. The van der Waals surface area contributed by atoms with Crippen molar-refractivity contribution < 1.29 is 23.8 Å². The number of rotatable bonds is 4. The highest BCUT2D eigenvalue weighted by Gasteiger charge is 2.46. The van der Waals surface area contributed by atoms with Crippen LogP contribution in [0.4, 0.5) is 0 Å². The summed E-state index contributed by atoms with van der Waals surface area (Å²) in [4.78, 5) is 25.0. The average Bonchev–Trinajstić information content (AvgIpc) is 2.81. The van der Waals surface area contributed by atoms with Crippen molar-refractivity contribution in [3.8, 4) is 5.75 Å². The van der Waals surface area contributed by atoms with Crippen molar-refractivity contribution in [3.63, 3.8) is 0 Å². The predicted octanol–water partition coefficient (Wildman–Crippen LogP) is 5.56. The molecule has 0 N–H and O–H groups in total. The van der Waals surface area contributed by atoms with Gasteiger partial charge >= 0.3 is 11.9 Å². The lowest BCUT2D eigenvalue weighted by Gasteiger charge is -2.38. The summed E-state index contributed by atoms with van der Waals surface area (Å²) in [6.45, 7) is 0.447. The lowest BCUT2D eigenvalue weighted by atomic mass is 9.93. The molecular formula is C27H24O5. The molecule has 3 aromatic rings. The van der Waals surface area contributed by atoms with Gasteiger partial charge in [0.2, 0.25) is 0 Å². The van der Waals surface area contributed by atoms with Crippen LogP contribution in [-0.4, -0.2) is 17.7 Å². The molecule has 3 aromatic carbocycles. The highest BCUT2D eigenvalue weighted by atomic mass is 16.7. The van der Waals surface area contributed by atoms with E-state index in [0.29, 0.717) is 30.8 Å². The van der Waals surface area contributed by atoms with Gasteiger partial charge in [-0.3, -0.25) is 0 Å². The van der Waals surface area contributed by atoms with E-state index in [1.807, 2.05) is 30.3 Å². The van der Waals surface area contributed by atoms with Crippen LogP contribution in [0.3, 0.4) is 0 Å². The van der Waals surface area contributed by atoms with Crippen molar-refractivity contribution in [3.05, 3.63) is 83.4 Å². The Morgan fingerprint density at radius 2 is 1.50 bits per heavy atom. The Kier molecular flexibility index (Phi) is 5.39. The molecule has 0 aromatic heterocycles. The summed E-state index contributed by atoms with van der Waals surface area (Å²) in [6, 6.07) is 21.6. The maximum Gasteiger partial charge on any atom is 0.348 e. The molecule has 0 amide bonds. The number of hydrogen-bond acceptors (Lipinski definition) is 5. The fourth-order valence-corrected chi connectivity index (χ4v) is 4.37. The van der Waals surface area contributed by atoms with Crippen molar-refractivity contribution in [2.24, 2.45) is 0 Å². The monoisotopic (exact) mass is 428 g/mol. The maximum atomic E-state index is 12.5. The lowest BCUT2D eigenvalue weighted by Crippen LogP contribution is -2.47. The summed E-state index contributed by atoms with van der Waals surface area (Å²) < 4.78 is 17.0. The van der Waals surface area contributed by atoms with E-state index in [1.165, 1.54) is 16.8 Å². The number of fused-ring (bicyclic) bond motifs is 1. The Morgan fingerprint density at radius 3 is 2.25 bits per heavy atom. The first-order valence-electron chi connectivity index (χ1n) is 11.0. The molecule has 1 saturated carbocycles. The van der Waals surface area contributed by atoms with E-state index in [9.17, 15) is 9.59 Å². The fourth-order valence-electron chi connectivity index (χ4n) is 4.37. The van der Waals surface area contributed by atoms with Crippen LogP contribution in [0.25, 0.3) is 16.8 Å².